The summed E-state index contributed by atoms with van der Waals surface area (Å²) in [6, 6.07) is 0. The predicted octanol–water partition coefficient (Wildman–Crippen LogP) is 3.92. The second kappa shape index (κ2) is 7.70. The average molecular weight is 392 g/mol. The lowest BCUT2D eigenvalue weighted by Crippen LogP contribution is -2.21. The van der Waals surface area contributed by atoms with E-state index in [2.05, 4.69) is 30.4 Å². The molecule has 1 aromatic heterocycles. The van der Waals surface area contributed by atoms with Crippen molar-refractivity contribution in [3.05, 3.63) is 23.0 Å². The molecule has 0 aliphatic rings. The summed E-state index contributed by atoms with van der Waals surface area (Å²) >= 11 is 2.90. The zero-order valence-electron chi connectivity index (χ0n) is 11.2. The molecular formula is C12H11BrF5NO3. The van der Waals surface area contributed by atoms with Crippen molar-refractivity contribution in [2.24, 2.45) is 0 Å². The molecular weight excluding hydrogens is 381 g/mol. The Labute approximate surface area is 130 Å². The van der Waals surface area contributed by atoms with Crippen LogP contribution in [-0.4, -0.2) is 23.9 Å². The molecule has 4 nitrogen and oxygen atoms in total. The minimum atomic E-state index is -5.11. The molecule has 1 rings (SSSR count). The minimum Gasteiger partial charge on any atom is -0.466 e. The van der Waals surface area contributed by atoms with Gasteiger partial charge in [-0.1, -0.05) is 15.9 Å². The molecule has 0 fully saturated rings. The highest BCUT2D eigenvalue weighted by atomic mass is 79.9. The molecule has 0 aromatic carbocycles. The maximum absolute atomic E-state index is 13.0. The van der Waals surface area contributed by atoms with Crippen molar-refractivity contribution in [1.29, 1.82) is 0 Å². The maximum atomic E-state index is 13.0. The highest BCUT2D eigenvalue weighted by Crippen LogP contribution is 2.36. The third kappa shape index (κ3) is 5.08. The summed E-state index contributed by atoms with van der Waals surface area (Å²) in [5.41, 5.74) is -1.65. The number of alkyl halides is 6. The first-order chi connectivity index (χ1) is 10.2. The van der Waals surface area contributed by atoms with Gasteiger partial charge in [-0.05, 0) is 6.92 Å². The van der Waals surface area contributed by atoms with Crippen molar-refractivity contribution in [3.8, 4) is 5.75 Å². The van der Waals surface area contributed by atoms with Gasteiger partial charge in [-0.3, -0.25) is 9.78 Å². The van der Waals surface area contributed by atoms with Crippen molar-refractivity contribution in [2.45, 2.75) is 31.5 Å². The summed E-state index contributed by atoms with van der Waals surface area (Å²) in [6.07, 6.45) is -8.28. The van der Waals surface area contributed by atoms with Crippen LogP contribution in [0.25, 0.3) is 0 Å². The predicted molar refractivity (Wildman–Crippen MR) is 68.8 cm³/mol. The fourth-order valence-electron chi connectivity index (χ4n) is 1.65. The maximum Gasteiger partial charge on any atom is 0.573 e. The van der Waals surface area contributed by atoms with E-state index < -0.39 is 42.1 Å². The molecule has 0 radical (unpaired) electrons. The molecule has 0 amide bonds. The fraction of sp³-hybridized carbons (Fsp3) is 0.500. The average Bonchev–Trinajstić information content (AvgIpc) is 2.38. The zero-order valence-corrected chi connectivity index (χ0v) is 12.8. The Balaban J connectivity index is 3.39. The summed E-state index contributed by atoms with van der Waals surface area (Å²) in [6.45, 7) is 1.45. The van der Waals surface area contributed by atoms with Crippen molar-refractivity contribution in [1.82, 2.24) is 4.98 Å². The van der Waals surface area contributed by atoms with Crippen LogP contribution in [0.1, 0.15) is 30.2 Å². The van der Waals surface area contributed by atoms with Crippen LogP contribution < -0.4 is 4.74 Å². The van der Waals surface area contributed by atoms with Gasteiger partial charge in [0.1, 0.15) is 0 Å². The Bertz CT molecular complexity index is 536. The van der Waals surface area contributed by atoms with Gasteiger partial charge in [-0.25, -0.2) is 8.78 Å². The summed E-state index contributed by atoms with van der Waals surface area (Å²) in [5.74, 6) is -1.85. The first kappa shape index (κ1) is 18.6. The first-order valence-corrected chi connectivity index (χ1v) is 7.07. The van der Waals surface area contributed by atoms with Gasteiger partial charge in [0.25, 0.3) is 6.43 Å². The molecule has 1 aromatic rings. The molecule has 0 aliphatic heterocycles. The molecule has 0 saturated heterocycles. The molecule has 0 atom stereocenters. The van der Waals surface area contributed by atoms with Gasteiger partial charge < -0.3 is 9.47 Å². The van der Waals surface area contributed by atoms with Crippen LogP contribution >= 0.6 is 15.9 Å². The van der Waals surface area contributed by atoms with E-state index >= 15 is 0 Å². The van der Waals surface area contributed by atoms with Crippen molar-refractivity contribution in [2.75, 3.05) is 6.61 Å². The Morgan fingerprint density at radius 1 is 1.41 bits per heavy atom. The normalized spacial score (nSPS) is 11.6. The van der Waals surface area contributed by atoms with Gasteiger partial charge in [0.15, 0.2) is 5.75 Å². The number of hydrogen-bond acceptors (Lipinski definition) is 4. The third-order valence-corrected chi connectivity index (χ3v) is 2.98. The number of hydrogen-bond donors (Lipinski definition) is 0. The minimum absolute atomic E-state index is 0.0330. The Morgan fingerprint density at radius 3 is 2.50 bits per heavy atom. The van der Waals surface area contributed by atoms with Crippen molar-refractivity contribution >= 4 is 21.9 Å². The largest absolute Gasteiger partial charge is 0.573 e. The summed E-state index contributed by atoms with van der Waals surface area (Å²) in [5, 5.41) is -0.169. The topological polar surface area (TPSA) is 48.4 Å². The van der Waals surface area contributed by atoms with E-state index in [0.29, 0.717) is 0 Å². The highest BCUT2D eigenvalue weighted by molar-refractivity contribution is 9.08. The monoisotopic (exact) mass is 391 g/mol. The molecule has 0 spiro atoms. The number of carbonyl (C=O) groups is 1. The Morgan fingerprint density at radius 2 is 2.05 bits per heavy atom. The van der Waals surface area contributed by atoms with Gasteiger partial charge in [-0.2, -0.15) is 0 Å². The van der Waals surface area contributed by atoms with Gasteiger partial charge in [-0.15, -0.1) is 13.2 Å². The van der Waals surface area contributed by atoms with Gasteiger partial charge in [0.05, 0.1) is 18.7 Å². The fourth-order valence-corrected chi connectivity index (χ4v) is 2.05. The van der Waals surface area contributed by atoms with E-state index in [1.165, 1.54) is 6.92 Å². The van der Waals surface area contributed by atoms with E-state index in [0.717, 1.165) is 6.20 Å². The van der Waals surface area contributed by atoms with E-state index in [9.17, 15) is 26.7 Å². The van der Waals surface area contributed by atoms with Gasteiger partial charge in [0, 0.05) is 22.7 Å². The molecule has 0 bridgehead atoms. The summed E-state index contributed by atoms with van der Waals surface area (Å²) < 4.78 is 71.8. The van der Waals surface area contributed by atoms with Crippen LogP contribution in [0.4, 0.5) is 22.0 Å². The molecule has 0 unspecified atom stereocenters. The van der Waals surface area contributed by atoms with E-state index in [-0.39, 0.29) is 17.6 Å². The van der Waals surface area contributed by atoms with Gasteiger partial charge in [0.2, 0.25) is 0 Å². The van der Waals surface area contributed by atoms with E-state index in [1.54, 1.807) is 0 Å². The van der Waals surface area contributed by atoms with Crippen LogP contribution in [-0.2, 0) is 21.3 Å². The van der Waals surface area contributed by atoms with Crippen LogP contribution in [0.5, 0.6) is 5.75 Å². The van der Waals surface area contributed by atoms with Crippen LogP contribution in [0.15, 0.2) is 6.20 Å². The standard InChI is InChI=1S/C12H11BrF5NO3/c1-2-21-9(20)3-6-7(11(14)15)5-19-8(4-13)10(6)22-12(16,17)18/h5,11H,2-4H2,1H3. The van der Waals surface area contributed by atoms with Crippen LogP contribution in [0.3, 0.4) is 0 Å². The second-order valence-corrected chi connectivity index (χ2v) is 4.49. The number of ether oxygens (including phenoxy) is 2. The number of rotatable bonds is 6. The number of carbonyl (C=O) groups excluding carboxylic acids is 1. The molecule has 22 heavy (non-hydrogen) atoms. The lowest BCUT2D eigenvalue weighted by Gasteiger charge is -2.18. The van der Waals surface area contributed by atoms with Crippen LogP contribution in [0, 0.1) is 0 Å². The van der Waals surface area contributed by atoms with Crippen molar-refractivity contribution < 1.29 is 36.2 Å². The SMILES string of the molecule is CCOC(=O)Cc1c(C(F)F)cnc(CBr)c1OC(F)(F)F. The number of nitrogens with zero attached hydrogens (tertiary/aromatic N) is 1. The third-order valence-electron chi connectivity index (χ3n) is 2.45. The Kier molecular flexibility index (Phi) is 6.51. The van der Waals surface area contributed by atoms with Crippen molar-refractivity contribution in [3.63, 3.8) is 0 Å². The van der Waals surface area contributed by atoms with Gasteiger partial charge >= 0.3 is 12.3 Å². The molecule has 10 heteroatoms. The van der Waals surface area contributed by atoms with E-state index in [1.807, 2.05) is 0 Å². The molecule has 0 aliphatic carbocycles. The lowest BCUT2D eigenvalue weighted by atomic mass is 10.0. The number of halogens is 6. The Hall–Kier alpha value is -1.45. The first-order valence-electron chi connectivity index (χ1n) is 5.95. The molecule has 0 N–H and O–H groups in total. The number of pyridine rings is 1. The van der Waals surface area contributed by atoms with E-state index in [4.69, 9.17) is 0 Å². The zero-order chi connectivity index (χ0) is 16.9. The highest BCUT2D eigenvalue weighted by Gasteiger charge is 2.35. The number of aromatic nitrogens is 1. The molecule has 1 heterocycles. The second-order valence-electron chi connectivity index (χ2n) is 3.93. The summed E-state index contributed by atoms with van der Waals surface area (Å²) in [7, 11) is 0. The number of esters is 1. The molecule has 124 valence electrons. The smallest absolute Gasteiger partial charge is 0.466 e. The summed E-state index contributed by atoms with van der Waals surface area (Å²) in [4.78, 5) is 15.0. The quantitative estimate of drug-likeness (QED) is 0.419. The lowest BCUT2D eigenvalue weighted by molar-refractivity contribution is -0.275. The van der Waals surface area contributed by atoms with Crippen LogP contribution in [0.2, 0.25) is 0 Å². The molecule has 0 saturated carbocycles.